The first-order valence-corrected chi connectivity index (χ1v) is 4.04. The zero-order valence-corrected chi connectivity index (χ0v) is 8.28. The molecule has 0 aliphatic carbocycles. The number of carbonyl (C=O) groups excluding carboxylic acids is 2. The Morgan fingerprint density at radius 2 is 1.53 bits per heavy atom. The summed E-state index contributed by atoms with van der Waals surface area (Å²) in [5, 5.41) is 44.3. The van der Waals surface area contributed by atoms with Crippen molar-refractivity contribution in [3.8, 4) is 0 Å². The number of hydrogen-bond donors (Lipinski definition) is 5. The van der Waals surface area contributed by atoms with Crippen molar-refractivity contribution >= 4 is 12.6 Å². The molecule has 0 radical (unpaired) electrons. The largest absolute Gasteiger partial charge is 0.394 e. The van der Waals surface area contributed by atoms with Crippen LogP contribution in [0, 0.1) is 0 Å². The molecular weight excluding hydrogens is 208 g/mol. The molecule has 4 atom stereocenters. The van der Waals surface area contributed by atoms with Gasteiger partial charge in [0, 0.05) is 0 Å². The summed E-state index contributed by atoms with van der Waals surface area (Å²) in [7, 11) is 0. The number of carbonyl (C=O) groups is 2. The van der Waals surface area contributed by atoms with Gasteiger partial charge in [-0.2, -0.15) is 0 Å². The lowest BCUT2D eigenvalue weighted by molar-refractivity contribution is -0.145. The smallest absolute Gasteiger partial charge is 0.160 e. The van der Waals surface area contributed by atoms with E-state index in [2.05, 4.69) is 0 Å². The van der Waals surface area contributed by atoms with E-state index in [-0.39, 0.29) is 0 Å². The van der Waals surface area contributed by atoms with E-state index in [0.717, 1.165) is 6.92 Å². The van der Waals surface area contributed by atoms with E-state index in [1.807, 2.05) is 6.79 Å². The Morgan fingerprint density at radius 1 is 1.13 bits per heavy atom. The van der Waals surface area contributed by atoms with Crippen molar-refractivity contribution in [3.63, 3.8) is 0 Å². The van der Waals surface area contributed by atoms with Crippen molar-refractivity contribution in [3.05, 3.63) is 0 Å². The topological polar surface area (TPSA) is 135 Å². The average Bonchev–Trinajstić information content (AvgIpc) is 2.27. The normalized spacial score (nSPS) is 18.0. The first-order valence-electron chi connectivity index (χ1n) is 4.04. The Balaban J connectivity index is 0. The highest BCUT2D eigenvalue weighted by Gasteiger charge is 2.32. The van der Waals surface area contributed by atoms with Crippen molar-refractivity contribution in [2.24, 2.45) is 0 Å². The van der Waals surface area contributed by atoms with Crippen LogP contribution in [0.25, 0.3) is 0 Å². The third-order valence-corrected chi connectivity index (χ3v) is 1.67. The maximum Gasteiger partial charge on any atom is 0.160 e. The minimum Gasteiger partial charge on any atom is -0.394 e. The molecule has 0 saturated carbocycles. The third-order valence-electron chi connectivity index (χ3n) is 1.67. The molecule has 90 valence electrons. The second kappa shape index (κ2) is 8.45. The van der Waals surface area contributed by atoms with E-state index >= 15 is 0 Å². The minimum atomic E-state index is -1.79. The molecule has 7 heteroatoms. The van der Waals surface area contributed by atoms with Gasteiger partial charge in [-0.15, -0.1) is 0 Å². The molecule has 0 fully saturated rings. The Bertz CT molecular complexity index is 184. The van der Waals surface area contributed by atoms with E-state index in [1.165, 1.54) is 0 Å². The quantitative estimate of drug-likeness (QED) is 0.332. The molecule has 0 aromatic carbocycles. The summed E-state index contributed by atoms with van der Waals surface area (Å²) >= 11 is 0. The van der Waals surface area contributed by atoms with Crippen LogP contribution in [-0.4, -0.2) is 69.1 Å². The first kappa shape index (κ1) is 16.6. The molecule has 0 aromatic rings. The van der Waals surface area contributed by atoms with E-state index in [0.29, 0.717) is 0 Å². The van der Waals surface area contributed by atoms with Crippen LogP contribution in [0.15, 0.2) is 0 Å². The fraction of sp³-hybridized carbons (Fsp3) is 0.750. The summed E-state index contributed by atoms with van der Waals surface area (Å²) in [6.45, 7) is 2.27. The highest BCUT2D eigenvalue weighted by atomic mass is 16.4. The molecule has 0 bridgehead atoms. The van der Waals surface area contributed by atoms with Crippen LogP contribution in [0.4, 0.5) is 0 Å². The molecule has 15 heavy (non-hydrogen) atoms. The number of aliphatic hydroxyl groups excluding tert-OH is 5. The van der Waals surface area contributed by atoms with Crippen LogP contribution in [0.1, 0.15) is 6.92 Å². The molecule has 0 heterocycles. The van der Waals surface area contributed by atoms with E-state index in [1.54, 1.807) is 0 Å². The number of aliphatic hydroxyl groups is 5. The Hall–Kier alpha value is -0.860. The van der Waals surface area contributed by atoms with E-state index < -0.39 is 36.8 Å². The van der Waals surface area contributed by atoms with Gasteiger partial charge in [0.05, 0.1) is 6.61 Å². The van der Waals surface area contributed by atoms with Crippen molar-refractivity contribution in [1.82, 2.24) is 0 Å². The maximum absolute atomic E-state index is 10.5. The molecule has 0 amide bonds. The molecular formula is C8H16O7. The number of hydrogen-bond acceptors (Lipinski definition) is 7. The highest BCUT2D eigenvalue weighted by molar-refractivity contribution is 5.80. The van der Waals surface area contributed by atoms with E-state index in [4.69, 9.17) is 30.3 Å². The van der Waals surface area contributed by atoms with Crippen molar-refractivity contribution in [2.45, 2.75) is 31.3 Å². The summed E-state index contributed by atoms with van der Waals surface area (Å²) in [5.41, 5.74) is 0. The Kier molecular flexibility index (Phi) is 9.33. The van der Waals surface area contributed by atoms with Gasteiger partial charge in [-0.3, -0.25) is 4.79 Å². The van der Waals surface area contributed by atoms with Crippen molar-refractivity contribution in [2.75, 3.05) is 6.61 Å². The van der Waals surface area contributed by atoms with Crippen molar-refractivity contribution < 1.29 is 35.1 Å². The predicted octanol–water partition coefficient (Wildman–Crippen LogP) is -3.17. The van der Waals surface area contributed by atoms with Crippen molar-refractivity contribution in [1.29, 1.82) is 0 Å². The molecule has 0 rings (SSSR count). The van der Waals surface area contributed by atoms with Gasteiger partial charge in [0.25, 0.3) is 0 Å². The van der Waals surface area contributed by atoms with Crippen LogP contribution in [0.3, 0.4) is 0 Å². The lowest BCUT2D eigenvalue weighted by Crippen LogP contribution is -2.48. The lowest BCUT2D eigenvalue weighted by atomic mass is 10.0. The van der Waals surface area contributed by atoms with Crippen LogP contribution in [-0.2, 0) is 9.59 Å². The molecule has 0 spiro atoms. The minimum absolute atomic E-state index is 0.725. The van der Waals surface area contributed by atoms with E-state index in [9.17, 15) is 4.79 Å². The molecule has 7 nitrogen and oxygen atoms in total. The maximum atomic E-state index is 10.5. The number of rotatable bonds is 5. The number of Topliss-reactive ketones (excluding diaryl/α,β-unsaturated/α-hetero) is 1. The van der Waals surface area contributed by atoms with Gasteiger partial charge < -0.3 is 30.3 Å². The van der Waals surface area contributed by atoms with Gasteiger partial charge in [-0.05, 0) is 6.92 Å². The molecule has 4 unspecified atom stereocenters. The number of ketones is 1. The van der Waals surface area contributed by atoms with Gasteiger partial charge in [0.15, 0.2) is 5.78 Å². The fourth-order valence-electron chi connectivity index (χ4n) is 0.763. The van der Waals surface area contributed by atoms with Crippen LogP contribution >= 0.6 is 0 Å². The zero-order valence-electron chi connectivity index (χ0n) is 8.28. The van der Waals surface area contributed by atoms with Gasteiger partial charge in [0.2, 0.25) is 0 Å². The summed E-state index contributed by atoms with van der Waals surface area (Å²) in [6, 6.07) is 0. The fourth-order valence-corrected chi connectivity index (χ4v) is 0.763. The van der Waals surface area contributed by atoms with Gasteiger partial charge in [0.1, 0.15) is 31.2 Å². The van der Waals surface area contributed by atoms with Gasteiger partial charge >= 0.3 is 0 Å². The SMILES string of the molecule is C=O.CC(=O)C(O)C(O)C(O)C(O)CO. The standard InChI is InChI=1S/C7H14O6.CH2O/c1-3(9)5(11)7(13)6(12)4(10)2-8;1-2/h4-8,10-13H,2H2,1H3;1H2. The Morgan fingerprint density at radius 3 is 1.80 bits per heavy atom. The van der Waals surface area contributed by atoms with Crippen LogP contribution < -0.4 is 0 Å². The van der Waals surface area contributed by atoms with Gasteiger partial charge in [-0.1, -0.05) is 0 Å². The summed E-state index contributed by atoms with van der Waals surface area (Å²) in [6.07, 6.45) is -6.87. The lowest BCUT2D eigenvalue weighted by Gasteiger charge is -2.23. The zero-order chi connectivity index (χ0) is 12.6. The second-order valence-electron chi connectivity index (χ2n) is 2.79. The summed E-state index contributed by atoms with van der Waals surface area (Å²) in [4.78, 5) is 18.5. The average molecular weight is 224 g/mol. The first-order chi connectivity index (χ1) is 6.91. The highest BCUT2D eigenvalue weighted by Crippen LogP contribution is 2.05. The van der Waals surface area contributed by atoms with Gasteiger partial charge in [-0.25, -0.2) is 0 Å². The Labute approximate surface area is 86.6 Å². The summed E-state index contributed by atoms with van der Waals surface area (Å²) in [5.74, 6) is -0.725. The summed E-state index contributed by atoms with van der Waals surface area (Å²) < 4.78 is 0. The van der Waals surface area contributed by atoms with Crippen LogP contribution in [0.5, 0.6) is 0 Å². The second-order valence-corrected chi connectivity index (χ2v) is 2.79. The molecule has 0 aliphatic rings. The molecule has 5 N–H and O–H groups in total. The monoisotopic (exact) mass is 224 g/mol. The molecule has 0 saturated heterocycles. The third kappa shape index (κ3) is 5.55. The van der Waals surface area contributed by atoms with Crippen LogP contribution in [0.2, 0.25) is 0 Å². The predicted molar refractivity (Wildman–Crippen MR) is 48.9 cm³/mol. The molecule has 0 aromatic heterocycles. The molecule has 0 aliphatic heterocycles.